The lowest BCUT2D eigenvalue weighted by Gasteiger charge is -2.32. The van der Waals surface area contributed by atoms with E-state index in [-0.39, 0.29) is 0 Å². The minimum absolute atomic E-state index is 0.450. The molecule has 1 fully saturated rings. The zero-order valence-electron chi connectivity index (χ0n) is 11.1. The number of aromatic nitrogens is 2. The Balaban J connectivity index is 2.04. The topological polar surface area (TPSA) is 79.1 Å². The van der Waals surface area contributed by atoms with Crippen LogP contribution in [0.15, 0.2) is 6.20 Å². The van der Waals surface area contributed by atoms with E-state index in [1.807, 2.05) is 6.92 Å². The molecule has 0 aliphatic carbocycles. The molecule has 0 radical (unpaired) electrons. The van der Waals surface area contributed by atoms with Crippen LogP contribution in [0.5, 0.6) is 0 Å². The second-order valence-electron chi connectivity index (χ2n) is 4.75. The van der Waals surface area contributed by atoms with Crippen molar-refractivity contribution in [3.8, 4) is 0 Å². The van der Waals surface area contributed by atoms with Gasteiger partial charge in [0.1, 0.15) is 5.82 Å². The highest BCUT2D eigenvalue weighted by atomic mass is 15.3. The molecule has 0 spiro atoms. The molecule has 0 aromatic carbocycles. The fourth-order valence-electron chi connectivity index (χ4n) is 2.31. The molecule has 1 aromatic rings. The number of nitrogens with zero attached hydrogens (tertiary/aromatic N) is 3. The van der Waals surface area contributed by atoms with Gasteiger partial charge in [0.2, 0.25) is 5.95 Å². The van der Waals surface area contributed by atoms with E-state index in [0.29, 0.717) is 12.0 Å². The highest BCUT2D eigenvalue weighted by Crippen LogP contribution is 2.18. The normalized spacial score (nSPS) is 20.7. The Morgan fingerprint density at radius 1 is 1.56 bits per heavy atom. The molecule has 1 aliphatic rings. The standard InChI is InChI=1S/C12H22N6/c1-3-18-6-4-5-10(8-18)15-11-9(2)7-14-12(16-11)17-13/h7,10H,3-6,8,13H2,1-2H3,(H2,14,15,16,17). The van der Waals surface area contributed by atoms with Gasteiger partial charge in [0.25, 0.3) is 0 Å². The third-order valence-electron chi connectivity index (χ3n) is 3.39. The van der Waals surface area contributed by atoms with Crippen LogP contribution in [0.25, 0.3) is 0 Å². The van der Waals surface area contributed by atoms with E-state index >= 15 is 0 Å². The fourth-order valence-corrected chi connectivity index (χ4v) is 2.31. The van der Waals surface area contributed by atoms with E-state index in [1.54, 1.807) is 6.20 Å². The van der Waals surface area contributed by atoms with Crippen LogP contribution >= 0.6 is 0 Å². The summed E-state index contributed by atoms with van der Waals surface area (Å²) in [6.45, 7) is 7.59. The zero-order valence-corrected chi connectivity index (χ0v) is 11.1. The van der Waals surface area contributed by atoms with Gasteiger partial charge in [-0.3, -0.25) is 5.43 Å². The van der Waals surface area contributed by atoms with E-state index in [0.717, 1.165) is 24.5 Å². The Morgan fingerprint density at radius 2 is 2.39 bits per heavy atom. The van der Waals surface area contributed by atoms with Gasteiger partial charge < -0.3 is 10.2 Å². The Bertz CT molecular complexity index is 394. The quantitative estimate of drug-likeness (QED) is 0.546. The summed E-state index contributed by atoms with van der Waals surface area (Å²) in [6, 6.07) is 0.456. The number of hydrogen-bond donors (Lipinski definition) is 3. The Morgan fingerprint density at radius 3 is 3.11 bits per heavy atom. The molecular weight excluding hydrogens is 228 g/mol. The van der Waals surface area contributed by atoms with Crippen molar-refractivity contribution in [3.63, 3.8) is 0 Å². The molecule has 1 unspecified atom stereocenters. The van der Waals surface area contributed by atoms with Gasteiger partial charge in [-0.2, -0.15) is 4.98 Å². The van der Waals surface area contributed by atoms with Crippen LogP contribution in [-0.2, 0) is 0 Å². The highest BCUT2D eigenvalue weighted by Gasteiger charge is 2.19. The van der Waals surface area contributed by atoms with Gasteiger partial charge in [-0.05, 0) is 32.9 Å². The number of hydrazine groups is 1. The van der Waals surface area contributed by atoms with Crippen molar-refractivity contribution in [2.24, 2.45) is 5.84 Å². The number of hydrogen-bond acceptors (Lipinski definition) is 6. The zero-order chi connectivity index (χ0) is 13.0. The third-order valence-corrected chi connectivity index (χ3v) is 3.39. The molecule has 0 saturated carbocycles. The van der Waals surface area contributed by atoms with Gasteiger partial charge in [0.15, 0.2) is 0 Å². The van der Waals surface area contributed by atoms with Gasteiger partial charge in [-0.1, -0.05) is 6.92 Å². The van der Waals surface area contributed by atoms with Gasteiger partial charge in [-0.15, -0.1) is 0 Å². The molecule has 6 nitrogen and oxygen atoms in total. The molecule has 4 N–H and O–H groups in total. The molecule has 0 bridgehead atoms. The van der Waals surface area contributed by atoms with E-state index in [2.05, 4.69) is 32.5 Å². The van der Waals surface area contributed by atoms with Crippen LogP contribution < -0.4 is 16.6 Å². The monoisotopic (exact) mass is 250 g/mol. The van der Waals surface area contributed by atoms with Crippen LogP contribution in [0, 0.1) is 6.92 Å². The number of rotatable bonds is 4. The summed E-state index contributed by atoms with van der Waals surface area (Å²) in [5, 5.41) is 3.50. The van der Waals surface area contributed by atoms with Gasteiger partial charge in [-0.25, -0.2) is 10.8 Å². The van der Waals surface area contributed by atoms with Crippen molar-refractivity contribution >= 4 is 11.8 Å². The second kappa shape index (κ2) is 5.97. The van der Waals surface area contributed by atoms with Gasteiger partial charge in [0, 0.05) is 24.3 Å². The number of piperidine rings is 1. The van der Waals surface area contributed by atoms with E-state index in [1.165, 1.54) is 19.4 Å². The summed E-state index contributed by atoms with van der Waals surface area (Å²) >= 11 is 0. The lowest BCUT2D eigenvalue weighted by atomic mass is 10.1. The summed E-state index contributed by atoms with van der Waals surface area (Å²) in [7, 11) is 0. The van der Waals surface area contributed by atoms with Crippen molar-refractivity contribution < 1.29 is 0 Å². The van der Waals surface area contributed by atoms with Crippen LogP contribution in [0.2, 0.25) is 0 Å². The summed E-state index contributed by atoms with van der Waals surface area (Å²) in [5.41, 5.74) is 3.52. The number of likely N-dealkylation sites (tertiary alicyclic amines) is 1. The van der Waals surface area contributed by atoms with Crippen LogP contribution in [-0.4, -0.2) is 40.5 Å². The summed E-state index contributed by atoms with van der Waals surface area (Å²) in [6.07, 6.45) is 4.20. The van der Waals surface area contributed by atoms with Crippen molar-refractivity contribution in [1.29, 1.82) is 0 Å². The fraction of sp³-hybridized carbons (Fsp3) is 0.667. The average Bonchev–Trinajstić information content (AvgIpc) is 2.41. The molecule has 100 valence electrons. The molecule has 1 atom stereocenters. The third kappa shape index (κ3) is 3.08. The van der Waals surface area contributed by atoms with Crippen molar-refractivity contribution in [1.82, 2.24) is 14.9 Å². The number of likely N-dealkylation sites (N-methyl/N-ethyl adjacent to an activating group) is 1. The number of nitrogens with one attached hydrogen (secondary N) is 2. The lowest BCUT2D eigenvalue weighted by molar-refractivity contribution is 0.226. The van der Waals surface area contributed by atoms with Crippen LogP contribution in [0.4, 0.5) is 11.8 Å². The maximum atomic E-state index is 5.33. The molecule has 18 heavy (non-hydrogen) atoms. The average molecular weight is 250 g/mol. The summed E-state index contributed by atoms with van der Waals surface area (Å²) in [4.78, 5) is 10.9. The maximum absolute atomic E-state index is 5.33. The summed E-state index contributed by atoms with van der Waals surface area (Å²) in [5.74, 6) is 6.66. The second-order valence-corrected chi connectivity index (χ2v) is 4.75. The van der Waals surface area contributed by atoms with E-state index < -0.39 is 0 Å². The predicted octanol–water partition coefficient (Wildman–Crippen LogP) is 0.967. The first kappa shape index (κ1) is 13.0. The van der Waals surface area contributed by atoms with E-state index in [9.17, 15) is 0 Å². The molecule has 0 amide bonds. The lowest BCUT2D eigenvalue weighted by Crippen LogP contribution is -2.42. The molecule has 1 aromatic heterocycles. The summed E-state index contributed by atoms with van der Waals surface area (Å²) < 4.78 is 0. The molecular formula is C12H22N6. The largest absolute Gasteiger partial charge is 0.366 e. The van der Waals surface area contributed by atoms with E-state index in [4.69, 9.17) is 5.84 Å². The minimum Gasteiger partial charge on any atom is -0.366 e. The van der Waals surface area contributed by atoms with Crippen molar-refractivity contribution in [2.75, 3.05) is 30.4 Å². The number of anilines is 2. The van der Waals surface area contributed by atoms with Crippen molar-refractivity contribution in [2.45, 2.75) is 32.7 Å². The van der Waals surface area contributed by atoms with Gasteiger partial charge >= 0.3 is 0 Å². The molecule has 2 rings (SSSR count). The first-order valence-electron chi connectivity index (χ1n) is 6.52. The molecule has 2 heterocycles. The maximum Gasteiger partial charge on any atom is 0.239 e. The first-order chi connectivity index (χ1) is 8.72. The van der Waals surface area contributed by atoms with Crippen molar-refractivity contribution in [3.05, 3.63) is 11.8 Å². The Kier molecular flexibility index (Phi) is 4.33. The van der Waals surface area contributed by atoms with Gasteiger partial charge in [0.05, 0.1) is 0 Å². The molecule has 1 aliphatic heterocycles. The molecule has 1 saturated heterocycles. The predicted molar refractivity (Wildman–Crippen MR) is 73.3 cm³/mol. The smallest absolute Gasteiger partial charge is 0.239 e. The SMILES string of the molecule is CCN1CCCC(Nc2nc(NN)ncc2C)C1. The van der Waals surface area contributed by atoms with Crippen LogP contribution in [0.1, 0.15) is 25.3 Å². The highest BCUT2D eigenvalue weighted by molar-refractivity contribution is 5.46. The van der Waals surface area contributed by atoms with Crippen LogP contribution in [0.3, 0.4) is 0 Å². The number of nitrogens with two attached hydrogens (primary N) is 1. The first-order valence-corrected chi connectivity index (χ1v) is 6.52. The Hall–Kier alpha value is -1.40. The number of nitrogen functional groups attached to an aromatic ring is 1. The Labute approximate surface area is 108 Å². The molecule has 6 heteroatoms. The minimum atomic E-state index is 0.450. The number of aryl methyl sites for hydroxylation is 1.